The molecule has 0 unspecified atom stereocenters. The number of carbonyl (C=O) groups is 1. The van der Waals surface area contributed by atoms with Gasteiger partial charge in [0.25, 0.3) is 0 Å². The van der Waals surface area contributed by atoms with Crippen LogP contribution in [-0.2, 0) is 6.42 Å². The molecule has 0 bridgehead atoms. The maximum atomic E-state index is 10.8. The molecule has 0 aliphatic rings. The Labute approximate surface area is 106 Å². The van der Waals surface area contributed by atoms with Crippen LogP contribution in [0.15, 0.2) is 18.2 Å². The molecule has 0 atom stereocenters. The lowest BCUT2D eigenvalue weighted by atomic mass is 10.1. The fourth-order valence-corrected chi connectivity index (χ4v) is 1.48. The van der Waals surface area contributed by atoms with Crippen molar-refractivity contribution >= 4 is 18.8 Å². The Morgan fingerprint density at radius 1 is 1.35 bits per heavy atom. The van der Waals surface area contributed by atoms with Gasteiger partial charge >= 0.3 is 6.03 Å². The van der Waals surface area contributed by atoms with Gasteiger partial charge in [-0.3, -0.25) is 4.31 Å². The first-order chi connectivity index (χ1) is 8.08. The Balaban J connectivity index is 2.69. The summed E-state index contributed by atoms with van der Waals surface area (Å²) < 4.78 is 11.5. The SMILES string of the molecule is COc1ccc(CCN(S)C(N)=O)cc1OC. The van der Waals surface area contributed by atoms with E-state index in [1.807, 2.05) is 18.2 Å². The van der Waals surface area contributed by atoms with Gasteiger partial charge in [0.15, 0.2) is 11.5 Å². The molecule has 1 rings (SSSR count). The van der Waals surface area contributed by atoms with Gasteiger partial charge in [-0.2, -0.15) is 0 Å². The monoisotopic (exact) mass is 256 g/mol. The molecular weight excluding hydrogens is 240 g/mol. The molecule has 0 saturated heterocycles. The van der Waals surface area contributed by atoms with E-state index in [1.165, 1.54) is 0 Å². The van der Waals surface area contributed by atoms with Crippen molar-refractivity contribution in [3.05, 3.63) is 23.8 Å². The molecule has 2 N–H and O–H groups in total. The summed E-state index contributed by atoms with van der Waals surface area (Å²) in [6.45, 7) is 0.438. The molecule has 0 fully saturated rings. The van der Waals surface area contributed by atoms with Gasteiger partial charge < -0.3 is 15.2 Å². The first kappa shape index (κ1) is 13.5. The molecule has 94 valence electrons. The van der Waals surface area contributed by atoms with Crippen molar-refractivity contribution in [3.8, 4) is 11.5 Å². The van der Waals surface area contributed by atoms with Gasteiger partial charge in [0.1, 0.15) is 0 Å². The van der Waals surface area contributed by atoms with E-state index < -0.39 is 6.03 Å². The smallest absolute Gasteiger partial charge is 0.324 e. The van der Waals surface area contributed by atoms with E-state index in [9.17, 15) is 4.79 Å². The Morgan fingerprint density at radius 3 is 2.53 bits per heavy atom. The summed E-state index contributed by atoms with van der Waals surface area (Å²) in [5.74, 6) is 1.34. The third-order valence-electron chi connectivity index (χ3n) is 2.31. The lowest BCUT2D eigenvalue weighted by molar-refractivity contribution is 0.235. The third-order valence-corrected chi connectivity index (χ3v) is 2.71. The fraction of sp³-hybridized carbons (Fsp3) is 0.364. The maximum absolute atomic E-state index is 10.8. The van der Waals surface area contributed by atoms with E-state index in [0.29, 0.717) is 24.5 Å². The van der Waals surface area contributed by atoms with Crippen LogP contribution >= 0.6 is 12.8 Å². The van der Waals surface area contributed by atoms with Crippen LogP contribution in [0.1, 0.15) is 5.56 Å². The number of thiol groups is 1. The van der Waals surface area contributed by atoms with E-state index in [1.54, 1.807) is 14.2 Å². The molecule has 0 aliphatic carbocycles. The topological polar surface area (TPSA) is 64.8 Å². The van der Waals surface area contributed by atoms with E-state index >= 15 is 0 Å². The Bertz CT molecular complexity index is 398. The largest absolute Gasteiger partial charge is 0.493 e. The van der Waals surface area contributed by atoms with Crippen molar-refractivity contribution in [2.24, 2.45) is 5.73 Å². The second-order valence-electron chi connectivity index (χ2n) is 3.40. The number of methoxy groups -OCH3 is 2. The summed E-state index contributed by atoms with van der Waals surface area (Å²) in [4.78, 5) is 10.8. The van der Waals surface area contributed by atoms with Gasteiger partial charge in [0.05, 0.1) is 14.2 Å². The highest BCUT2D eigenvalue weighted by atomic mass is 32.1. The van der Waals surface area contributed by atoms with Crippen LogP contribution in [0.4, 0.5) is 4.79 Å². The number of primary amides is 1. The van der Waals surface area contributed by atoms with Gasteiger partial charge in [0.2, 0.25) is 0 Å². The first-order valence-electron chi connectivity index (χ1n) is 5.05. The predicted octanol–water partition coefficient (Wildman–Crippen LogP) is 1.47. The molecule has 0 saturated carbocycles. The minimum Gasteiger partial charge on any atom is -0.493 e. The third kappa shape index (κ3) is 3.74. The number of hydrogen-bond donors (Lipinski definition) is 2. The number of urea groups is 1. The quantitative estimate of drug-likeness (QED) is 0.784. The van der Waals surface area contributed by atoms with E-state index in [0.717, 1.165) is 9.87 Å². The Hall–Kier alpha value is -1.56. The summed E-state index contributed by atoms with van der Waals surface area (Å²) in [6, 6.07) is 5.03. The number of nitrogens with two attached hydrogens (primary N) is 1. The number of ether oxygens (including phenoxy) is 2. The van der Waals surface area contributed by atoms with E-state index in [2.05, 4.69) is 12.8 Å². The minimum absolute atomic E-state index is 0.438. The average molecular weight is 256 g/mol. The number of nitrogens with zero attached hydrogens (tertiary/aromatic N) is 1. The van der Waals surface area contributed by atoms with Crippen LogP contribution in [0.3, 0.4) is 0 Å². The lowest BCUT2D eigenvalue weighted by Gasteiger charge is -2.13. The highest BCUT2D eigenvalue weighted by Crippen LogP contribution is 2.27. The summed E-state index contributed by atoms with van der Waals surface area (Å²) in [6.07, 6.45) is 0.646. The molecule has 0 radical (unpaired) electrons. The van der Waals surface area contributed by atoms with Crippen LogP contribution in [0, 0.1) is 0 Å². The summed E-state index contributed by atoms with van der Waals surface area (Å²) in [7, 11) is 3.16. The fourth-order valence-electron chi connectivity index (χ4n) is 1.38. The van der Waals surface area contributed by atoms with Gasteiger partial charge in [-0.25, -0.2) is 4.79 Å². The molecule has 0 spiro atoms. The predicted molar refractivity (Wildman–Crippen MR) is 68.5 cm³/mol. The average Bonchev–Trinajstić information content (AvgIpc) is 2.35. The summed E-state index contributed by atoms with van der Waals surface area (Å²) in [5, 5.41) is 0. The molecule has 0 aromatic heterocycles. The van der Waals surface area contributed by atoms with Crippen molar-refractivity contribution in [2.45, 2.75) is 6.42 Å². The molecule has 2 amide bonds. The summed E-state index contributed by atoms with van der Waals surface area (Å²) >= 11 is 3.95. The van der Waals surface area contributed by atoms with Crippen LogP contribution < -0.4 is 15.2 Å². The highest BCUT2D eigenvalue weighted by molar-refractivity contribution is 7.78. The lowest BCUT2D eigenvalue weighted by Crippen LogP contribution is -2.29. The molecule has 6 heteroatoms. The van der Waals surface area contributed by atoms with Crippen molar-refractivity contribution in [1.29, 1.82) is 0 Å². The molecule has 1 aromatic carbocycles. The Morgan fingerprint density at radius 2 is 2.00 bits per heavy atom. The number of amides is 2. The van der Waals surface area contributed by atoms with Gasteiger partial charge in [0, 0.05) is 6.54 Å². The number of rotatable bonds is 5. The Kier molecular flexibility index (Phi) is 4.96. The van der Waals surface area contributed by atoms with Crippen molar-refractivity contribution < 1.29 is 14.3 Å². The standard InChI is InChI=1S/C11H16N2O3S/c1-15-9-4-3-8(7-10(9)16-2)5-6-13(17)11(12)14/h3-4,7,17H,5-6H2,1-2H3,(H2,12,14). The van der Waals surface area contributed by atoms with Crippen LogP contribution in [0.5, 0.6) is 11.5 Å². The molecule has 1 aromatic rings. The van der Waals surface area contributed by atoms with Gasteiger partial charge in [-0.05, 0) is 24.1 Å². The maximum Gasteiger partial charge on any atom is 0.324 e. The van der Waals surface area contributed by atoms with Crippen LogP contribution in [0.2, 0.25) is 0 Å². The van der Waals surface area contributed by atoms with Crippen molar-refractivity contribution in [3.63, 3.8) is 0 Å². The second-order valence-corrected chi connectivity index (χ2v) is 3.88. The first-order valence-corrected chi connectivity index (χ1v) is 5.45. The molecule has 17 heavy (non-hydrogen) atoms. The van der Waals surface area contributed by atoms with Crippen LogP contribution in [-0.4, -0.2) is 31.1 Å². The minimum atomic E-state index is -0.561. The molecule has 5 nitrogen and oxygen atoms in total. The van der Waals surface area contributed by atoms with Crippen molar-refractivity contribution in [2.75, 3.05) is 20.8 Å². The van der Waals surface area contributed by atoms with Gasteiger partial charge in [-0.1, -0.05) is 18.9 Å². The van der Waals surface area contributed by atoms with E-state index in [-0.39, 0.29) is 0 Å². The zero-order valence-corrected chi connectivity index (χ0v) is 10.7. The molecule has 0 aliphatic heterocycles. The zero-order chi connectivity index (χ0) is 12.8. The van der Waals surface area contributed by atoms with Crippen LogP contribution in [0.25, 0.3) is 0 Å². The number of hydrogen-bond acceptors (Lipinski definition) is 4. The van der Waals surface area contributed by atoms with Crippen molar-refractivity contribution in [1.82, 2.24) is 4.31 Å². The molecular formula is C11H16N2O3S. The normalized spacial score (nSPS) is 9.82. The zero-order valence-electron chi connectivity index (χ0n) is 9.84. The molecule has 0 heterocycles. The summed E-state index contributed by atoms with van der Waals surface area (Å²) in [5.41, 5.74) is 6.08. The number of carbonyl (C=O) groups excluding carboxylic acids is 1. The van der Waals surface area contributed by atoms with E-state index in [4.69, 9.17) is 15.2 Å². The second kappa shape index (κ2) is 6.24. The van der Waals surface area contributed by atoms with Gasteiger partial charge in [-0.15, -0.1) is 0 Å². The highest BCUT2D eigenvalue weighted by Gasteiger charge is 2.07. The number of benzene rings is 1.